The van der Waals surface area contributed by atoms with E-state index in [4.69, 9.17) is 11.6 Å². The quantitative estimate of drug-likeness (QED) is 0.491. The number of halogens is 2. The van der Waals surface area contributed by atoms with Gasteiger partial charge in [0.2, 0.25) is 0 Å². The zero-order valence-corrected chi connectivity index (χ0v) is 16.4. The van der Waals surface area contributed by atoms with E-state index in [-0.39, 0.29) is 0 Å². The third kappa shape index (κ3) is 4.18. The summed E-state index contributed by atoms with van der Waals surface area (Å²) >= 11 is 11.4. The number of rotatable bonds is 5. The Balaban J connectivity index is 1.92. The molecule has 3 aromatic rings. The molecular weight excluding hydrogens is 422 g/mol. The molecule has 0 aliphatic rings. The number of hydrogen-bond donors (Lipinski definition) is 0. The summed E-state index contributed by atoms with van der Waals surface area (Å²) in [5, 5.41) is 5.65. The largest absolute Gasteiger partial charge is 0.245 e. The van der Waals surface area contributed by atoms with Crippen molar-refractivity contribution in [3.05, 3.63) is 58.0 Å². The molecule has 0 saturated carbocycles. The molecule has 0 amide bonds. The maximum Gasteiger partial charge on any atom is 0.154 e. The fourth-order valence-corrected chi connectivity index (χ4v) is 3.52. The smallest absolute Gasteiger partial charge is 0.154 e. The Kier molecular flexibility index (Phi) is 5.67. The highest BCUT2D eigenvalue weighted by molar-refractivity contribution is 9.10. The van der Waals surface area contributed by atoms with Crippen molar-refractivity contribution in [3.63, 3.8) is 0 Å². The third-order valence-corrected chi connectivity index (χ3v) is 5.24. The lowest BCUT2D eigenvalue weighted by Crippen LogP contribution is -1.92. The first-order valence-corrected chi connectivity index (χ1v) is 9.20. The molecule has 0 saturated heterocycles. The number of allylic oxidation sites excluding steroid dienone is 1. The Morgan fingerprint density at radius 3 is 2.88 bits per heavy atom. The summed E-state index contributed by atoms with van der Waals surface area (Å²) in [6.45, 7) is 5.52. The van der Waals surface area contributed by atoms with E-state index in [1.165, 1.54) is 11.8 Å². The summed E-state index contributed by atoms with van der Waals surface area (Å²) in [6.07, 6.45) is 6.91. The molecule has 8 heteroatoms. The SMILES string of the molecule is C=Nc1ccnn1/C=C(\C)c1cccc(Sc2cnc(Br)cn2)c1Cl. The van der Waals surface area contributed by atoms with E-state index in [0.717, 1.165) is 21.1 Å². The van der Waals surface area contributed by atoms with Gasteiger partial charge in [-0.2, -0.15) is 5.10 Å². The zero-order valence-electron chi connectivity index (χ0n) is 13.2. The molecule has 2 aromatic heterocycles. The van der Waals surface area contributed by atoms with Crippen molar-refractivity contribution < 1.29 is 0 Å². The van der Waals surface area contributed by atoms with Gasteiger partial charge in [0.25, 0.3) is 0 Å². The minimum absolute atomic E-state index is 0.659. The Labute approximate surface area is 163 Å². The number of hydrogen-bond acceptors (Lipinski definition) is 5. The summed E-state index contributed by atoms with van der Waals surface area (Å²) in [5.41, 5.74) is 1.88. The van der Waals surface area contributed by atoms with Gasteiger partial charge in [-0.1, -0.05) is 35.5 Å². The second-order valence-corrected chi connectivity index (χ2v) is 7.25. The zero-order chi connectivity index (χ0) is 17.8. The van der Waals surface area contributed by atoms with Gasteiger partial charge >= 0.3 is 0 Å². The van der Waals surface area contributed by atoms with Crippen LogP contribution >= 0.6 is 39.3 Å². The van der Waals surface area contributed by atoms with E-state index in [1.807, 2.05) is 31.3 Å². The first-order valence-electron chi connectivity index (χ1n) is 7.21. The summed E-state index contributed by atoms with van der Waals surface area (Å²) in [7, 11) is 0. The highest BCUT2D eigenvalue weighted by Gasteiger charge is 2.11. The molecule has 0 bridgehead atoms. The fraction of sp³-hybridized carbons (Fsp3) is 0.0588. The van der Waals surface area contributed by atoms with Gasteiger partial charge in [0.15, 0.2) is 5.82 Å². The molecule has 0 aliphatic carbocycles. The van der Waals surface area contributed by atoms with Gasteiger partial charge in [-0.05, 0) is 46.8 Å². The first kappa shape index (κ1) is 17.8. The highest BCUT2D eigenvalue weighted by atomic mass is 79.9. The third-order valence-electron chi connectivity index (χ3n) is 3.33. The minimum atomic E-state index is 0.659. The molecule has 1 aromatic carbocycles. The van der Waals surface area contributed by atoms with Gasteiger partial charge in [-0.3, -0.25) is 0 Å². The molecule has 0 unspecified atom stereocenters. The van der Waals surface area contributed by atoms with E-state index in [0.29, 0.717) is 15.4 Å². The Bertz CT molecular complexity index is 936. The van der Waals surface area contributed by atoms with Crippen molar-refractivity contribution in [2.24, 2.45) is 4.99 Å². The molecule has 0 radical (unpaired) electrons. The monoisotopic (exact) mass is 433 g/mol. The van der Waals surface area contributed by atoms with E-state index < -0.39 is 0 Å². The fourth-order valence-electron chi connectivity index (χ4n) is 2.14. The number of benzene rings is 1. The van der Waals surface area contributed by atoms with Gasteiger partial charge in [-0.15, -0.1) is 0 Å². The summed E-state index contributed by atoms with van der Waals surface area (Å²) in [5.74, 6) is 0.672. The van der Waals surface area contributed by atoms with Crippen LogP contribution in [0.5, 0.6) is 0 Å². The Hall–Kier alpha value is -1.96. The second kappa shape index (κ2) is 7.95. The summed E-state index contributed by atoms with van der Waals surface area (Å²) in [6, 6.07) is 7.67. The molecule has 0 atom stereocenters. The lowest BCUT2D eigenvalue weighted by Gasteiger charge is -2.10. The van der Waals surface area contributed by atoms with Crippen LogP contribution in [0.2, 0.25) is 5.02 Å². The lowest BCUT2D eigenvalue weighted by atomic mass is 10.1. The standard InChI is InChI=1S/C17H13BrClN5S/c1-11(10-24-15(20-2)6-7-23-24)12-4-3-5-13(17(12)19)25-16-9-21-14(18)8-22-16/h3-10H,2H2,1H3/b11-10+. The molecule has 25 heavy (non-hydrogen) atoms. The number of aliphatic imine (C=N–C) groups is 1. The highest BCUT2D eigenvalue weighted by Crippen LogP contribution is 2.36. The second-order valence-electron chi connectivity index (χ2n) is 5.00. The van der Waals surface area contributed by atoms with Gasteiger partial charge < -0.3 is 0 Å². The Morgan fingerprint density at radius 1 is 1.32 bits per heavy atom. The normalized spacial score (nSPS) is 11.6. The van der Waals surface area contributed by atoms with E-state index in [2.05, 4.69) is 42.7 Å². The van der Waals surface area contributed by atoms with Crippen molar-refractivity contribution in [1.82, 2.24) is 19.7 Å². The molecule has 5 nitrogen and oxygen atoms in total. The number of aromatic nitrogens is 4. The predicted octanol–water partition coefficient (Wildman–Crippen LogP) is 5.59. The predicted molar refractivity (Wildman–Crippen MR) is 107 cm³/mol. The summed E-state index contributed by atoms with van der Waals surface area (Å²) < 4.78 is 2.36. The number of nitrogens with zero attached hydrogens (tertiary/aromatic N) is 5. The molecule has 126 valence electrons. The molecule has 3 rings (SSSR count). The lowest BCUT2D eigenvalue weighted by molar-refractivity contribution is 0.934. The van der Waals surface area contributed by atoms with Crippen molar-refractivity contribution in [3.8, 4) is 0 Å². The molecule has 0 aliphatic heterocycles. The van der Waals surface area contributed by atoms with Crippen molar-refractivity contribution in [2.45, 2.75) is 16.8 Å². The van der Waals surface area contributed by atoms with Crippen LogP contribution in [0.25, 0.3) is 11.8 Å². The van der Waals surface area contributed by atoms with Gasteiger partial charge in [0.05, 0.1) is 23.6 Å². The van der Waals surface area contributed by atoms with Crippen LogP contribution in [-0.4, -0.2) is 26.5 Å². The topological polar surface area (TPSA) is 56.0 Å². The average molecular weight is 435 g/mol. The van der Waals surface area contributed by atoms with Crippen LogP contribution in [-0.2, 0) is 0 Å². The molecular formula is C17H13BrClN5S. The Morgan fingerprint density at radius 2 is 2.16 bits per heavy atom. The van der Waals surface area contributed by atoms with Crippen LogP contribution in [0, 0.1) is 0 Å². The van der Waals surface area contributed by atoms with Crippen LogP contribution < -0.4 is 0 Å². The van der Waals surface area contributed by atoms with Gasteiger partial charge in [0, 0.05) is 17.2 Å². The maximum absolute atomic E-state index is 6.61. The molecule has 2 heterocycles. The molecule has 0 fully saturated rings. The molecule has 0 N–H and O–H groups in total. The average Bonchev–Trinajstić information content (AvgIpc) is 3.05. The van der Waals surface area contributed by atoms with Crippen molar-refractivity contribution >= 4 is 63.6 Å². The van der Waals surface area contributed by atoms with Crippen LogP contribution in [0.4, 0.5) is 5.82 Å². The van der Waals surface area contributed by atoms with Crippen LogP contribution in [0.1, 0.15) is 12.5 Å². The van der Waals surface area contributed by atoms with Gasteiger partial charge in [-0.25, -0.2) is 19.6 Å². The van der Waals surface area contributed by atoms with Crippen molar-refractivity contribution in [1.29, 1.82) is 0 Å². The van der Waals surface area contributed by atoms with Crippen molar-refractivity contribution in [2.75, 3.05) is 0 Å². The van der Waals surface area contributed by atoms with E-state index in [9.17, 15) is 0 Å². The van der Waals surface area contributed by atoms with Crippen LogP contribution in [0.3, 0.4) is 0 Å². The maximum atomic E-state index is 6.61. The minimum Gasteiger partial charge on any atom is -0.245 e. The summed E-state index contributed by atoms with van der Waals surface area (Å²) in [4.78, 5) is 13.3. The van der Waals surface area contributed by atoms with Crippen LogP contribution in [0.15, 0.2) is 62.4 Å². The van der Waals surface area contributed by atoms with Gasteiger partial charge in [0.1, 0.15) is 9.63 Å². The molecule has 0 spiro atoms. The van der Waals surface area contributed by atoms with E-state index in [1.54, 1.807) is 29.3 Å². The first-order chi connectivity index (χ1) is 12.1. The van der Waals surface area contributed by atoms with E-state index >= 15 is 0 Å².